The number of nitrogens with one attached hydrogen (secondary N) is 1. The van der Waals surface area contributed by atoms with Crippen LogP contribution in [0.2, 0.25) is 5.02 Å². The summed E-state index contributed by atoms with van der Waals surface area (Å²) in [5.74, 6) is 1.22. The summed E-state index contributed by atoms with van der Waals surface area (Å²) in [6, 6.07) is 11.0. The van der Waals surface area contributed by atoms with Crippen molar-refractivity contribution in [2.24, 2.45) is 0 Å². The van der Waals surface area contributed by atoms with Crippen LogP contribution in [0.4, 0.5) is 0 Å². The fourth-order valence-corrected chi connectivity index (χ4v) is 3.02. The van der Waals surface area contributed by atoms with Gasteiger partial charge in [0.1, 0.15) is 0 Å². The summed E-state index contributed by atoms with van der Waals surface area (Å²) >= 11 is 6.30. The van der Waals surface area contributed by atoms with Gasteiger partial charge in [-0.05, 0) is 34.9 Å². The summed E-state index contributed by atoms with van der Waals surface area (Å²) < 4.78 is 10.7. The second kappa shape index (κ2) is 5.89. The molecule has 114 valence electrons. The first kappa shape index (κ1) is 14.7. The van der Waals surface area contributed by atoms with Gasteiger partial charge in [-0.1, -0.05) is 29.8 Å². The highest BCUT2D eigenvalue weighted by molar-refractivity contribution is 6.31. The van der Waals surface area contributed by atoms with E-state index in [4.69, 9.17) is 21.1 Å². The lowest BCUT2D eigenvalue weighted by Crippen LogP contribution is -2.36. The Balaban J connectivity index is 2.16. The summed E-state index contributed by atoms with van der Waals surface area (Å²) in [6.07, 6.45) is 0.316. The van der Waals surface area contributed by atoms with Gasteiger partial charge in [0, 0.05) is 5.02 Å². The standard InChI is InChI=1S/C17H16ClNO3/c1-21-14-7-10-8-16(20)19-17(12(10)9-15(14)22-2)11-5-3-4-6-13(11)18/h3-7,9,17H,8H2,1-2H3,(H,19,20). The molecular weight excluding hydrogens is 302 g/mol. The molecule has 1 aliphatic heterocycles. The molecule has 0 saturated heterocycles. The summed E-state index contributed by atoms with van der Waals surface area (Å²) in [5.41, 5.74) is 2.77. The zero-order chi connectivity index (χ0) is 15.7. The third-order valence-electron chi connectivity index (χ3n) is 3.83. The number of rotatable bonds is 3. The largest absolute Gasteiger partial charge is 0.493 e. The number of halogens is 1. The molecule has 0 radical (unpaired) electrons. The molecule has 0 spiro atoms. The first-order chi connectivity index (χ1) is 10.6. The van der Waals surface area contributed by atoms with Gasteiger partial charge in [0.15, 0.2) is 11.5 Å². The second-order valence-corrected chi connectivity index (χ2v) is 5.51. The van der Waals surface area contributed by atoms with Crippen LogP contribution in [0, 0.1) is 0 Å². The smallest absolute Gasteiger partial charge is 0.225 e. The lowest BCUT2D eigenvalue weighted by atomic mass is 9.89. The highest BCUT2D eigenvalue weighted by Crippen LogP contribution is 2.39. The molecule has 1 heterocycles. The molecule has 1 amide bonds. The quantitative estimate of drug-likeness (QED) is 0.946. The third-order valence-corrected chi connectivity index (χ3v) is 4.17. The van der Waals surface area contributed by atoms with Gasteiger partial charge in [0.05, 0.1) is 26.7 Å². The van der Waals surface area contributed by atoms with Crippen LogP contribution in [0.25, 0.3) is 0 Å². The number of hydrogen-bond acceptors (Lipinski definition) is 3. The second-order valence-electron chi connectivity index (χ2n) is 5.10. The Morgan fingerprint density at radius 3 is 2.45 bits per heavy atom. The maximum absolute atomic E-state index is 12.0. The number of ether oxygens (including phenoxy) is 2. The minimum atomic E-state index is -0.287. The Labute approximate surface area is 134 Å². The normalized spacial score (nSPS) is 16.7. The number of benzene rings is 2. The van der Waals surface area contributed by atoms with Crippen LogP contribution in [-0.4, -0.2) is 20.1 Å². The number of hydrogen-bond donors (Lipinski definition) is 1. The number of carbonyl (C=O) groups excluding carboxylic acids is 1. The Kier molecular flexibility index (Phi) is 3.94. The van der Waals surface area contributed by atoms with Crippen molar-refractivity contribution in [2.45, 2.75) is 12.5 Å². The lowest BCUT2D eigenvalue weighted by Gasteiger charge is -2.28. The third kappa shape index (κ3) is 2.50. The van der Waals surface area contributed by atoms with E-state index in [1.54, 1.807) is 14.2 Å². The number of carbonyl (C=O) groups is 1. The van der Waals surface area contributed by atoms with Crippen LogP contribution in [0.1, 0.15) is 22.7 Å². The van der Waals surface area contributed by atoms with E-state index in [0.717, 1.165) is 16.7 Å². The molecule has 0 fully saturated rings. The van der Waals surface area contributed by atoms with Gasteiger partial charge in [0.25, 0.3) is 0 Å². The predicted molar refractivity (Wildman–Crippen MR) is 84.7 cm³/mol. The van der Waals surface area contributed by atoms with Gasteiger partial charge >= 0.3 is 0 Å². The van der Waals surface area contributed by atoms with Crippen molar-refractivity contribution < 1.29 is 14.3 Å². The number of amides is 1. The monoisotopic (exact) mass is 317 g/mol. The fourth-order valence-electron chi connectivity index (χ4n) is 2.78. The van der Waals surface area contributed by atoms with Crippen LogP contribution in [-0.2, 0) is 11.2 Å². The van der Waals surface area contributed by atoms with E-state index < -0.39 is 0 Å². The SMILES string of the molecule is COc1cc2c(cc1OC)C(c1ccccc1Cl)NC(=O)C2. The van der Waals surface area contributed by atoms with E-state index in [-0.39, 0.29) is 11.9 Å². The van der Waals surface area contributed by atoms with Gasteiger partial charge in [-0.2, -0.15) is 0 Å². The minimum absolute atomic E-state index is 0.0374. The van der Waals surface area contributed by atoms with Crippen molar-refractivity contribution in [2.75, 3.05) is 14.2 Å². The molecule has 2 aromatic rings. The highest BCUT2D eigenvalue weighted by atomic mass is 35.5. The van der Waals surface area contributed by atoms with Gasteiger partial charge in [-0.3, -0.25) is 4.79 Å². The summed E-state index contributed by atoms with van der Waals surface area (Å²) in [5, 5.41) is 3.62. The van der Waals surface area contributed by atoms with Crippen molar-refractivity contribution in [3.8, 4) is 11.5 Å². The molecular formula is C17H16ClNO3. The Hall–Kier alpha value is -2.20. The lowest BCUT2D eigenvalue weighted by molar-refractivity contribution is -0.121. The maximum atomic E-state index is 12.0. The molecule has 0 aliphatic carbocycles. The van der Waals surface area contributed by atoms with Gasteiger partial charge in [-0.15, -0.1) is 0 Å². The fraction of sp³-hybridized carbons (Fsp3) is 0.235. The Morgan fingerprint density at radius 2 is 1.77 bits per heavy atom. The van der Waals surface area contributed by atoms with Crippen molar-refractivity contribution in [1.29, 1.82) is 0 Å². The van der Waals surface area contributed by atoms with Crippen molar-refractivity contribution in [3.63, 3.8) is 0 Å². The van der Waals surface area contributed by atoms with Crippen LogP contribution >= 0.6 is 11.6 Å². The van der Waals surface area contributed by atoms with E-state index in [9.17, 15) is 4.79 Å². The predicted octanol–water partition coefficient (Wildman–Crippen LogP) is 3.12. The number of fused-ring (bicyclic) bond motifs is 1. The van der Waals surface area contributed by atoms with E-state index in [1.165, 1.54) is 0 Å². The zero-order valence-electron chi connectivity index (χ0n) is 12.4. The van der Waals surface area contributed by atoms with E-state index in [0.29, 0.717) is 22.9 Å². The molecule has 0 bridgehead atoms. The Bertz CT molecular complexity index is 730. The van der Waals surface area contributed by atoms with Crippen LogP contribution in [0.15, 0.2) is 36.4 Å². The summed E-state index contributed by atoms with van der Waals surface area (Å²) in [7, 11) is 3.18. The van der Waals surface area contributed by atoms with E-state index in [2.05, 4.69) is 5.32 Å². The molecule has 2 aromatic carbocycles. The molecule has 3 rings (SSSR count). The molecule has 22 heavy (non-hydrogen) atoms. The molecule has 1 atom stereocenters. The van der Waals surface area contributed by atoms with E-state index >= 15 is 0 Å². The Morgan fingerprint density at radius 1 is 1.09 bits per heavy atom. The molecule has 1 N–H and O–H groups in total. The molecule has 0 aromatic heterocycles. The zero-order valence-corrected chi connectivity index (χ0v) is 13.1. The van der Waals surface area contributed by atoms with Crippen LogP contribution in [0.3, 0.4) is 0 Å². The van der Waals surface area contributed by atoms with Crippen molar-refractivity contribution in [1.82, 2.24) is 5.32 Å². The highest BCUT2D eigenvalue weighted by Gasteiger charge is 2.28. The average Bonchev–Trinajstić information content (AvgIpc) is 2.53. The maximum Gasteiger partial charge on any atom is 0.225 e. The minimum Gasteiger partial charge on any atom is -0.493 e. The number of methoxy groups -OCH3 is 2. The summed E-state index contributed by atoms with van der Waals surface area (Å²) in [6.45, 7) is 0. The van der Waals surface area contributed by atoms with Gasteiger partial charge < -0.3 is 14.8 Å². The molecule has 1 aliphatic rings. The molecule has 0 saturated carbocycles. The molecule has 4 nitrogen and oxygen atoms in total. The summed E-state index contributed by atoms with van der Waals surface area (Å²) in [4.78, 5) is 12.0. The average molecular weight is 318 g/mol. The molecule has 1 unspecified atom stereocenters. The topological polar surface area (TPSA) is 47.6 Å². The van der Waals surface area contributed by atoms with Crippen molar-refractivity contribution in [3.05, 3.63) is 58.1 Å². The van der Waals surface area contributed by atoms with Crippen LogP contribution in [0.5, 0.6) is 11.5 Å². The van der Waals surface area contributed by atoms with Crippen molar-refractivity contribution >= 4 is 17.5 Å². The van der Waals surface area contributed by atoms with Crippen LogP contribution < -0.4 is 14.8 Å². The van der Waals surface area contributed by atoms with Gasteiger partial charge in [-0.25, -0.2) is 0 Å². The first-order valence-electron chi connectivity index (χ1n) is 6.92. The van der Waals surface area contributed by atoms with E-state index in [1.807, 2.05) is 36.4 Å². The van der Waals surface area contributed by atoms with Gasteiger partial charge in [0.2, 0.25) is 5.91 Å². The first-order valence-corrected chi connectivity index (χ1v) is 7.30. The molecule has 5 heteroatoms.